The summed E-state index contributed by atoms with van der Waals surface area (Å²) in [6.45, 7) is 3.77. The third-order valence-corrected chi connectivity index (χ3v) is 6.88. The van der Waals surface area contributed by atoms with Gasteiger partial charge in [0.25, 0.3) is 5.91 Å². The first kappa shape index (κ1) is 25.0. The molecule has 1 aliphatic heterocycles. The number of nitrogens with two attached hydrogens (primary N) is 1. The first-order valence-corrected chi connectivity index (χ1v) is 12.0. The highest BCUT2D eigenvalue weighted by molar-refractivity contribution is 6.31. The Morgan fingerprint density at radius 2 is 1.91 bits per heavy atom. The molecule has 0 radical (unpaired) electrons. The Bertz CT molecular complexity index is 1190. The first-order valence-electron chi connectivity index (χ1n) is 11.6. The highest BCUT2D eigenvalue weighted by atomic mass is 35.5. The number of aromatic nitrogens is 1. The van der Waals surface area contributed by atoms with E-state index in [1.807, 2.05) is 13.8 Å². The van der Waals surface area contributed by atoms with Gasteiger partial charge in [-0.3, -0.25) is 19.2 Å². The molecule has 0 spiro atoms. The van der Waals surface area contributed by atoms with E-state index >= 15 is 0 Å². The summed E-state index contributed by atoms with van der Waals surface area (Å²) in [5, 5.41) is 8.57. The fourth-order valence-corrected chi connectivity index (χ4v) is 4.76. The van der Waals surface area contributed by atoms with Gasteiger partial charge < -0.3 is 26.7 Å². The van der Waals surface area contributed by atoms with E-state index < -0.39 is 47.1 Å². The lowest BCUT2D eigenvalue weighted by Crippen LogP contribution is -2.53. The van der Waals surface area contributed by atoms with Crippen LogP contribution in [-0.4, -0.2) is 46.2 Å². The summed E-state index contributed by atoms with van der Waals surface area (Å²) in [5.41, 5.74) is 5.29. The Labute approximate surface area is 206 Å². The van der Waals surface area contributed by atoms with Crippen molar-refractivity contribution in [3.8, 4) is 0 Å². The number of carbonyl (C=O) groups excluding carboxylic acids is 4. The molecule has 188 valence electrons. The van der Waals surface area contributed by atoms with Gasteiger partial charge in [-0.15, -0.1) is 0 Å². The molecule has 11 heteroatoms. The Balaban J connectivity index is 1.46. The van der Waals surface area contributed by atoms with E-state index in [1.165, 1.54) is 12.1 Å². The fourth-order valence-electron chi connectivity index (χ4n) is 4.60. The van der Waals surface area contributed by atoms with Crippen LogP contribution in [0.15, 0.2) is 18.2 Å². The number of primary amides is 1. The molecular formula is C24H29ClFN5O4. The Kier molecular flexibility index (Phi) is 6.77. The maximum atomic E-state index is 14.3. The third kappa shape index (κ3) is 5.75. The van der Waals surface area contributed by atoms with E-state index in [4.69, 9.17) is 17.3 Å². The lowest BCUT2D eigenvalue weighted by molar-refractivity contribution is -0.130. The molecule has 4 rings (SSSR count). The summed E-state index contributed by atoms with van der Waals surface area (Å²) in [6, 6.07) is 2.47. The molecule has 2 aliphatic rings. The van der Waals surface area contributed by atoms with Crippen molar-refractivity contribution in [3.05, 3.63) is 34.7 Å². The summed E-state index contributed by atoms with van der Waals surface area (Å²) in [4.78, 5) is 53.1. The number of aromatic amines is 1. The second kappa shape index (κ2) is 9.49. The minimum absolute atomic E-state index is 0.0719. The van der Waals surface area contributed by atoms with Gasteiger partial charge in [-0.25, -0.2) is 4.39 Å². The first-order chi connectivity index (χ1) is 16.4. The number of H-pyrrole nitrogens is 1. The predicted octanol–water partition coefficient (Wildman–Crippen LogP) is 2.13. The molecule has 1 aromatic heterocycles. The molecule has 35 heavy (non-hydrogen) atoms. The summed E-state index contributed by atoms with van der Waals surface area (Å²) in [6.07, 6.45) is 2.84. The molecule has 1 saturated heterocycles. The zero-order chi connectivity index (χ0) is 25.5. The van der Waals surface area contributed by atoms with Gasteiger partial charge in [0.1, 0.15) is 17.8 Å². The zero-order valence-electron chi connectivity index (χ0n) is 19.5. The third-order valence-electron chi connectivity index (χ3n) is 6.59. The Hall–Kier alpha value is -3.14. The van der Waals surface area contributed by atoms with Crippen molar-refractivity contribution < 1.29 is 23.6 Å². The van der Waals surface area contributed by atoms with Crippen LogP contribution in [0.4, 0.5) is 4.39 Å². The average molecular weight is 506 g/mol. The van der Waals surface area contributed by atoms with Crippen LogP contribution in [0, 0.1) is 17.7 Å². The molecule has 1 saturated carbocycles. The summed E-state index contributed by atoms with van der Waals surface area (Å²) in [5.74, 6) is -2.95. The standard InChI is InChI=1S/C24H29ClFN5O4/c1-24(2)10-13(21(33)31-24)9-15(20(27)32)29-22(34)16(7-11-3-4-11)30-23(35)17-8-12-5-6-14(25)18(26)19(12)28-17/h5-6,8,11,13,15-16,28H,3-4,7,9-10H2,1-2H3,(H2,27,32)(H,29,34)(H,30,35)(H,31,33). The molecule has 2 heterocycles. The normalized spacial score (nSPS) is 20.8. The minimum atomic E-state index is -1.06. The second-order valence-electron chi connectivity index (χ2n) is 10.2. The van der Waals surface area contributed by atoms with Crippen LogP contribution < -0.4 is 21.7 Å². The Morgan fingerprint density at radius 3 is 2.51 bits per heavy atom. The van der Waals surface area contributed by atoms with Crippen molar-refractivity contribution in [3.63, 3.8) is 0 Å². The van der Waals surface area contributed by atoms with Gasteiger partial charge in [-0.05, 0) is 51.2 Å². The van der Waals surface area contributed by atoms with Crippen LogP contribution in [0.25, 0.3) is 10.9 Å². The van der Waals surface area contributed by atoms with Crippen LogP contribution in [0.5, 0.6) is 0 Å². The lowest BCUT2D eigenvalue weighted by atomic mass is 9.91. The van der Waals surface area contributed by atoms with Crippen LogP contribution in [0.1, 0.15) is 56.4 Å². The number of nitrogens with one attached hydrogen (secondary N) is 4. The van der Waals surface area contributed by atoms with Crippen molar-refractivity contribution in [2.45, 2.75) is 63.6 Å². The number of hydrogen-bond donors (Lipinski definition) is 5. The van der Waals surface area contributed by atoms with Crippen molar-refractivity contribution in [1.82, 2.24) is 20.9 Å². The Morgan fingerprint density at radius 1 is 1.20 bits per heavy atom. The van der Waals surface area contributed by atoms with Gasteiger partial charge in [0.2, 0.25) is 17.7 Å². The molecular weight excluding hydrogens is 477 g/mol. The van der Waals surface area contributed by atoms with Crippen LogP contribution in [0.2, 0.25) is 5.02 Å². The molecule has 2 aromatic rings. The number of rotatable bonds is 9. The summed E-state index contributed by atoms with van der Waals surface area (Å²) in [7, 11) is 0. The zero-order valence-corrected chi connectivity index (χ0v) is 20.3. The van der Waals surface area contributed by atoms with E-state index in [0.29, 0.717) is 18.2 Å². The molecule has 1 aromatic carbocycles. The topological polar surface area (TPSA) is 146 Å². The fraction of sp³-hybridized carbons (Fsp3) is 0.500. The van der Waals surface area contributed by atoms with E-state index in [2.05, 4.69) is 20.9 Å². The number of carbonyl (C=O) groups is 4. The van der Waals surface area contributed by atoms with Gasteiger partial charge in [-0.2, -0.15) is 0 Å². The maximum Gasteiger partial charge on any atom is 0.268 e. The molecule has 6 N–H and O–H groups in total. The molecule has 0 bridgehead atoms. The lowest BCUT2D eigenvalue weighted by Gasteiger charge is -2.23. The van der Waals surface area contributed by atoms with Gasteiger partial charge in [0, 0.05) is 16.8 Å². The van der Waals surface area contributed by atoms with Gasteiger partial charge >= 0.3 is 0 Å². The van der Waals surface area contributed by atoms with Crippen molar-refractivity contribution in [1.29, 1.82) is 0 Å². The van der Waals surface area contributed by atoms with E-state index in [1.54, 1.807) is 6.07 Å². The molecule has 3 unspecified atom stereocenters. The van der Waals surface area contributed by atoms with Gasteiger partial charge in [0.15, 0.2) is 5.82 Å². The van der Waals surface area contributed by atoms with Gasteiger partial charge in [0.05, 0.1) is 10.5 Å². The minimum Gasteiger partial charge on any atom is -0.368 e. The molecule has 1 aliphatic carbocycles. The van der Waals surface area contributed by atoms with Crippen molar-refractivity contribution >= 4 is 46.1 Å². The average Bonchev–Trinajstić information content (AvgIpc) is 3.41. The van der Waals surface area contributed by atoms with Crippen molar-refractivity contribution in [2.24, 2.45) is 17.6 Å². The van der Waals surface area contributed by atoms with E-state index in [9.17, 15) is 23.6 Å². The molecule has 9 nitrogen and oxygen atoms in total. The van der Waals surface area contributed by atoms with E-state index in [-0.39, 0.29) is 34.5 Å². The number of amides is 4. The maximum absolute atomic E-state index is 14.3. The van der Waals surface area contributed by atoms with Crippen LogP contribution >= 0.6 is 11.6 Å². The number of hydrogen-bond acceptors (Lipinski definition) is 4. The number of benzene rings is 1. The quantitative estimate of drug-likeness (QED) is 0.355. The van der Waals surface area contributed by atoms with Crippen LogP contribution in [0.3, 0.4) is 0 Å². The number of fused-ring (bicyclic) bond motifs is 1. The highest BCUT2D eigenvalue weighted by Gasteiger charge is 2.40. The number of halogens is 2. The largest absolute Gasteiger partial charge is 0.368 e. The van der Waals surface area contributed by atoms with Crippen molar-refractivity contribution in [2.75, 3.05) is 0 Å². The smallest absolute Gasteiger partial charge is 0.268 e. The SMILES string of the molecule is CC1(C)CC(CC(NC(=O)C(CC2CC2)NC(=O)c2cc3ccc(Cl)c(F)c3[nH]2)C(N)=O)C(=O)N1. The summed E-state index contributed by atoms with van der Waals surface area (Å²) >= 11 is 5.81. The molecule has 2 fully saturated rings. The van der Waals surface area contributed by atoms with Crippen LogP contribution in [-0.2, 0) is 14.4 Å². The van der Waals surface area contributed by atoms with E-state index in [0.717, 1.165) is 12.8 Å². The molecule has 4 amide bonds. The predicted molar refractivity (Wildman–Crippen MR) is 128 cm³/mol. The van der Waals surface area contributed by atoms with Gasteiger partial charge in [-0.1, -0.05) is 30.5 Å². The molecule has 3 atom stereocenters. The highest BCUT2D eigenvalue weighted by Crippen LogP contribution is 2.34. The second-order valence-corrected chi connectivity index (χ2v) is 10.6. The summed E-state index contributed by atoms with van der Waals surface area (Å²) < 4.78 is 14.3. The monoisotopic (exact) mass is 505 g/mol.